The van der Waals surface area contributed by atoms with Crippen molar-refractivity contribution in [3.63, 3.8) is 0 Å². The van der Waals surface area contributed by atoms with Crippen LogP contribution in [0.1, 0.15) is 38.3 Å². The molecule has 0 radical (unpaired) electrons. The zero-order valence-electron chi connectivity index (χ0n) is 19.7. The summed E-state index contributed by atoms with van der Waals surface area (Å²) in [5.41, 5.74) is 2.03. The molecular weight excluding hydrogens is 445 g/mol. The van der Waals surface area contributed by atoms with Gasteiger partial charge in [0.2, 0.25) is 21.8 Å². The maximum Gasteiger partial charge on any atom is 0.244 e. The van der Waals surface area contributed by atoms with Gasteiger partial charge in [0, 0.05) is 12.6 Å². The summed E-state index contributed by atoms with van der Waals surface area (Å²) in [7, 11) is -3.84. The highest BCUT2D eigenvalue weighted by Crippen LogP contribution is 2.19. The molecule has 33 heavy (non-hydrogen) atoms. The SMILES string of the molecule is CC[C@H](C)NC(=O)[C@@H](C)N(Cc1ccc(C)cc1)C(=O)CN(c1ccc(F)cc1)S(C)(=O)=O. The molecule has 1 N–H and O–H groups in total. The summed E-state index contributed by atoms with van der Waals surface area (Å²) in [6.45, 7) is 6.99. The summed E-state index contributed by atoms with van der Waals surface area (Å²) in [5, 5.41) is 2.87. The van der Waals surface area contributed by atoms with Crippen LogP contribution in [0, 0.1) is 12.7 Å². The second kappa shape index (κ2) is 11.3. The Morgan fingerprint density at radius 2 is 1.61 bits per heavy atom. The summed E-state index contributed by atoms with van der Waals surface area (Å²) in [5.74, 6) is -1.38. The minimum absolute atomic E-state index is 0.0667. The Bertz CT molecular complexity index is 1060. The molecule has 9 heteroatoms. The quantitative estimate of drug-likeness (QED) is 0.569. The molecule has 0 saturated heterocycles. The predicted octanol–water partition coefficient (Wildman–Crippen LogP) is 3.23. The van der Waals surface area contributed by atoms with E-state index in [-0.39, 0.29) is 24.2 Å². The normalized spacial score (nSPS) is 13.2. The molecule has 2 rings (SSSR count). The molecule has 2 aromatic carbocycles. The third-order valence-electron chi connectivity index (χ3n) is 5.44. The van der Waals surface area contributed by atoms with E-state index in [2.05, 4.69) is 5.32 Å². The van der Waals surface area contributed by atoms with Crippen LogP contribution in [0.25, 0.3) is 0 Å². The number of nitrogens with zero attached hydrogens (tertiary/aromatic N) is 2. The standard InChI is InChI=1S/C24H32FN3O4S/c1-6-18(3)26-24(30)19(4)27(15-20-9-7-17(2)8-10-20)23(29)16-28(33(5,31)32)22-13-11-21(25)12-14-22/h7-14,18-19H,6,15-16H2,1-5H3,(H,26,30)/t18-,19+/m0/s1. The second-order valence-electron chi connectivity index (χ2n) is 8.25. The number of halogens is 1. The lowest BCUT2D eigenvalue weighted by atomic mass is 10.1. The van der Waals surface area contributed by atoms with E-state index >= 15 is 0 Å². The van der Waals surface area contributed by atoms with E-state index in [1.165, 1.54) is 17.0 Å². The van der Waals surface area contributed by atoms with Crippen molar-refractivity contribution in [3.8, 4) is 0 Å². The molecule has 7 nitrogen and oxygen atoms in total. The van der Waals surface area contributed by atoms with Gasteiger partial charge in [0.05, 0.1) is 11.9 Å². The van der Waals surface area contributed by atoms with E-state index in [1.54, 1.807) is 6.92 Å². The van der Waals surface area contributed by atoms with Crippen molar-refractivity contribution in [3.05, 3.63) is 65.5 Å². The average molecular weight is 478 g/mol. The molecule has 0 heterocycles. The molecule has 0 aromatic heterocycles. The Labute approximate surface area is 195 Å². The van der Waals surface area contributed by atoms with Gasteiger partial charge in [0.1, 0.15) is 18.4 Å². The average Bonchev–Trinajstić information content (AvgIpc) is 2.76. The Kier molecular flexibility index (Phi) is 8.99. The van der Waals surface area contributed by atoms with Crippen LogP contribution in [-0.4, -0.2) is 50.0 Å². The van der Waals surface area contributed by atoms with Crippen molar-refractivity contribution in [1.29, 1.82) is 0 Å². The smallest absolute Gasteiger partial charge is 0.244 e. The lowest BCUT2D eigenvalue weighted by Crippen LogP contribution is -2.52. The van der Waals surface area contributed by atoms with Crippen LogP contribution >= 0.6 is 0 Å². The van der Waals surface area contributed by atoms with Gasteiger partial charge in [-0.15, -0.1) is 0 Å². The Balaban J connectivity index is 2.36. The number of benzene rings is 2. The number of nitrogens with one attached hydrogen (secondary N) is 1. The molecule has 0 saturated carbocycles. The molecule has 2 amide bonds. The first-order valence-electron chi connectivity index (χ1n) is 10.8. The lowest BCUT2D eigenvalue weighted by molar-refractivity contribution is -0.139. The van der Waals surface area contributed by atoms with Crippen molar-refractivity contribution >= 4 is 27.5 Å². The van der Waals surface area contributed by atoms with Gasteiger partial charge in [-0.1, -0.05) is 36.8 Å². The Hall–Kier alpha value is -2.94. The third kappa shape index (κ3) is 7.56. The first kappa shape index (κ1) is 26.3. The van der Waals surface area contributed by atoms with E-state index in [4.69, 9.17) is 0 Å². The number of hydrogen-bond acceptors (Lipinski definition) is 4. The largest absolute Gasteiger partial charge is 0.352 e. The Morgan fingerprint density at radius 3 is 2.12 bits per heavy atom. The zero-order valence-corrected chi connectivity index (χ0v) is 20.5. The topological polar surface area (TPSA) is 86.8 Å². The maximum absolute atomic E-state index is 13.4. The van der Waals surface area contributed by atoms with Crippen LogP contribution in [0.2, 0.25) is 0 Å². The number of aryl methyl sites for hydroxylation is 1. The lowest BCUT2D eigenvalue weighted by Gasteiger charge is -2.32. The number of rotatable bonds is 10. The minimum Gasteiger partial charge on any atom is -0.352 e. The molecule has 0 spiro atoms. The van der Waals surface area contributed by atoms with Crippen molar-refractivity contribution in [2.24, 2.45) is 0 Å². The summed E-state index contributed by atoms with van der Waals surface area (Å²) >= 11 is 0. The van der Waals surface area contributed by atoms with Crippen molar-refractivity contribution in [2.45, 2.75) is 52.7 Å². The monoisotopic (exact) mass is 477 g/mol. The highest BCUT2D eigenvalue weighted by Gasteiger charge is 2.30. The van der Waals surface area contributed by atoms with Crippen LogP contribution < -0.4 is 9.62 Å². The van der Waals surface area contributed by atoms with Crippen molar-refractivity contribution < 1.29 is 22.4 Å². The minimum atomic E-state index is -3.84. The highest BCUT2D eigenvalue weighted by molar-refractivity contribution is 7.92. The molecule has 2 aromatic rings. The molecule has 0 bridgehead atoms. The van der Waals surface area contributed by atoms with Crippen molar-refractivity contribution in [2.75, 3.05) is 17.1 Å². The van der Waals surface area contributed by atoms with E-state index < -0.39 is 34.3 Å². The van der Waals surface area contributed by atoms with Crippen LogP contribution in [-0.2, 0) is 26.2 Å². The van der Waals surface area contributed by atoms with Gasteiger partial charge in [0.15, 0.2) is 0 Å². The van der Waals surface area contributed by atoms with Gasteiger partial charge in [0.25, 0.3) is 0 Å². The molecule has 2 atom stereocenters. The zero-order chi connectivity index (χ0) is 24.8. The first-order chi connectivity index (χ1) is 15.4. The fourth-order valence-electron chi connectivity index (χ4n) is 3.16. The molecule has 0 aliphatic rings. The van der Waals surface area contributed by atoms with E-state index in [0.717, 1.165) is 40.2 Å². The summed E-state index contributed by atoms with van der Waals surface area (Å²) < 4.78 is 39.1. The summed E-state index contributed by atoms with van der Waals surface area (Å²) in [4.78, 5) is 27.6. The number of sulfonamides is 1. The van der Waals surface area contributed by atoms with Crippen LogP contribution in [0.4, 0.5) is 10.1 Å². The van der Waals surface area contributed by atoms with E-state index in [0.29, 0.717) is 0 Å². The number of carbonyl (C=O) groups excluding carboxylic acids is 2. The van der Waals surface area contributed by atoms with Gasteiger partial charge < -0.3 is 10.2 Å². The van der Waals surface area contributed by atoms with Crippen LogP contribution in [0.5, 0.6) is 0 Å². The fourth-order valence-corrected chi connectivity index (χ4v) is 4.01. The molecular formula is C24H32FN3O4S. The number of anilines is 1. The summed E-state index contributed by atoms with van der Waals surface area (Å²) in [6.07, 6.45) is 1.71. The number of hydrogen-bond donors (Lipinski definition) is 1. The third-order valence-corrected chi connectivity index (χ3v) is 6.58. The molecule has 180 valence electrons. The maximum atomic E-state index is 13.4. The van der Waals surface area contributed by atoms with E-state index in [1.807, 2.05) is 45.0 Å². The van der Waals surface area contributed by atoms with E-state index in [9.17, 15) is 22.4 Å². The predicted molar refractivity (Wildman–Crippen MR) is 128 cm³/mol. The summed E-state index contributed by atoms with van der Waals surface area (Å²) in [6, 6.07) is 11.5. The van der Waals surface area contributed by atoms with Gasteiger partial charge in [-0.25, -0.2) is 12.8 Å². The van der Waals surface area contributed by atoms with Gasteiger partial charge >= 0.3 is 0 Å². The first-order valence-corrected chi connectivity index (χ1v) is 12.7. The van der Waals surface area contributed by atoms with Crippen molar-refractivity contribution in [1.82, 2.24) is 10.2 Å². The van der Waals surface area contributed by atoms with Gasteiger partial charge in [-0.05, 0) is 57.0 Å². The Morgan fingerprint density at radius 1 is 1.03 bits per heavy atom. The molecule has 0 unspecified atom stereocenters. The van der Waals surface area contributed by atoms with Crippen LogP contribution in [0.3, 0.4) is 0 Å². The molecule has 0 aliphatic carbocycles. The fraction of sp³-hybridized carbons (Fsp3) is 0.417. The molecule has 0 fully saturated rings. The van der Waals surface area contributed by atoms with Gasteiger partial charge in [-0.2, -0.15) is 0 Å². The van der Waals surface area contributed by atoms with Crippen LogP contribution in [0.15, 0.2) is 48.5 Å². The number of amides is 2. The highest BCUT2D eigenvalue weighted by atomic mass is 32.2. The second-order valence-corrected chi connectivity index (χ2v) is 10.2. The molecule has 0 aliphatic heterocycles. The van der Waals surface area contributed by atoms with Gasteiger partial charge in [-0.3, -0.25) is 13.9 Å². The number of carbonyl (C=O) groups is 2.